The summed E-state index contributed by atoms with van der Waals surface area (Å²) >= 11 is 3.44. The van der Waals surface area contributed by atoms with Crippen molar-refractivity contribution in [3.05, 3.63) is 69.2 Å². The molecular formula is C24H31BrN2O2. The lowest BCUT2D eigenvalue weighted by Gasteiger charge is -2.29. The fourth-order valence-electron chi connectivity index (χ4n) is 3.09. The van der Waals surface area contributed by atoms with Gasteiger partial charge >= 0.3 is 0 Å². The van der Waals surface area contributed by atoms with Crippen molar-refractivity contribution in [3.63, 3.8) is 0 Å². The monoisotopic (exact) mass is 458 g/mol. The van der Waals surface area contributed by atoms with Crippen LogP contribution in [0, 0.1) is 13.8 Å². The van der Waals surface area contributed by atoms with E-state index in [1.165, 1.54) is 11.1 Å². The van der Waals surface area contributed by atoms with Crippen LogP contribution in [0.1, 0.15) is 48.9 Å². The van der Waals surface area contributed by atoms with Crippen LogP contribution in [0.4, 0.5) is 0 Å². The van der Waals surface area contributed by atoms with Crippen molar-refractivity contribution in [2.24, 2.45) is 0 Å². The summed E-state index contributed by atoms with van der Waals surface area (Å²) in [7, 11) is 0. The molecule has 0 unspecified atom stereocenters. The third kappa shape index (κ3) is 7.00. The highest BCUT2D eigenvalue weighted by Gasteiger charge is 2.26. The predicted molar refractivity (Wildman–Crippen MR) is 122 cm³/mol. The van der Waals surface area contributed by atoms with Gasteiger partial charge in [-0.05, 0) is 61.6 Å². The number of rotatable bonds is 9. The van der Waals surface area contributed by atoms with Gasteiger partial charge in [-0.1, -0.05) is 59.6 Å². The van der Waals surface area contributed by atoms with E-state index in [1.54, 1.807) is 11.8 Å². The minimum absolute atomic E-state index is 0.0469. The highest BCUT2D eigenvalue weighted by atomic mass is 79.9. The Morgan fingerprint density at radius 2 is 1.69 bits per heavy atom. The number of unbranched alkanes of at least 4 members (excludes halogenated alkanes) is 1. The van der Waals surface area contributed by atoms with Crippen LogP contribution in [0.2, 0.25) is 0 Å². The maximum Gasteiger partial charge on any atom is 0.242 e. The molecule has 0 aliphatic rings. The molecule has 0 aromatic heterocycles. The van der Waals surface area contributed by atoms with Gasteiger partial charge in [0, 0.05) is 17.6 Å². The number of nitrogens with one attached hydrogen (secondary N) is 1. The van der Waals surface area contributed by atoms with E-state index < -0.39 is 6.04 Å². The molecule has 0 bridgehead atoms. The first-order valence-corrected chi connectivity index (χ1v) is 11.0. The molecule has 2 rings (SSSR count). The fourth-order valence-corrected chi connectivity index (χ4v) is 3.36. The Hall–Kier alpha value is -2.14. The minimum Gasteiger partial charge on any atom is -0.354 e. The average Bonchev–Trinajstić information content (AvgIpc) is 2.69. The first-order chi connectivity index (χ1) is 13.8. The summed E-state index contributed by atoms with van der Waals surface area (Å²) in [5, 5.41) is 2.95. The molecule has 0 saturated heterocycles. The Kier molecular flexibility index (Phi) is 8.90. The van der Waals surface area contributed by atoms with Crippen LogP contribution in [0.25, 0.3) is 0 Å². The van der Waals surface area contributed by atoms with E-state index in [-0.39, 0.29) is 18.2 Å². The Bertz CT molecular complexity index is 833. The summed E-state index contributed by atoms with van der Waals surface area (Å²) in [4.78, 5) is 27.5. The average molecular weight is 459 g/mol. The van der Waals surface area contributed by atoms with Gasteiger partial charge in [0.1, 0.15) is 6.04 Å². The molecule has 29 heavy (non-hydrogen) atoms. The molecule has 0 fully saturated rings. The van der Waals surface area contributed by atoms with Crippen molar-refractivity contribution in [1.82, 2.24) is 10.2 Å². The third-order valence-electron chi connectivity index (χ3n) is 5.19. The van der Waals surface area contributed by atoms with Gasteiger partial charge in [-0.25, -0.2) is 0 Å². The Labute approximate surface area is 182 Å². The van der Waals surface area contributed by atoms with Crippen LogP contribution in [0.15, 0.2) is 46.9 Å². The normalized spacial score (nSPS) is 11.8. The molecule has 0 aliphatic heterocycles. The molecule has 2 aromatic carbocycles. The van der Waals surface area contributed by atoms with Gasteiger partial charge in [0.25, 0.3) is 0 Å². The maximum atomic E-state index is 13.2. The molecule has 5 heteroatoms. The van der Waals surface area contributed by atoms with E-state index in [2.05, 4.69) is 41.2 Å². The second-order valence-corrected chi connectivity index (χ2v) is 8.48. The van der Waals surface area contributed by atoms with Gasteiger partial charge in [0.15, 0.2) is 0 Å². The van der Waals surface area contributed by atoms with Gasteiger partial charge in [-0.15, -0.1) is 0 Å². The standard InChI is InChI=1S/C24H31BrN2O2/c1-5-6-13-26-24(29)19(4)27(16-20-9-11-22(25)12-10-20)23(28)15-21-8-7-17(2)18(3)14-21/h7-12,14,19H,5-6,13,15-16H2,1-4H3,(H,26,29)/t19-/m0/s1. The third-order valence-corrected chi connectivity index (χ3v) is 5.72. The number of amides is 2. The first-order valence-electron chi connectivity index (χ1n) is 10.2. The lowest BCUT2D eigenvalue weighted by molar-refractivity contribution is -0.140. The molecule has 0 saturated carbocycles. The minimum atomic E-state index is -0.533. The second kappa shape index (κ2) is 11.1. The molecule has 0 heterocycles. The van der Waals surface area contributed by atoms with Crippen molar-refractivity contribution in [1.29, 1.82) is 0 Å². The lowest BCUT2D eigenvalue weighted by Crippen LogP contribution is -2.48. The Morgan fingerprint density at radius 3 is 2.31 bits per heavy atom. The lowest BCUT2D eigenvalue weighted by atomic mass is 10.0. The number of hydrogen-bond acceptors (Lipinski definition) is 2. The van der Waals surface area contributed by atoms with E-state index in [0.29, 0.717) is 13.1 Å². The number of nitrogens with zero attached hydrogens (tertiary/aromatic N) is 1. The number of carbonyl (C=O) groups is 2. The SMILES string of the molecule is CCCCNC(=O)[C@H](C)N(Cc1ccc(Br)cc1)C(=O)Cc1ccc(C)c(C)c1. The number of benzene rings is 2. The van der Waals surface area contributed by atoms with Crippen LogP contribution < -0.4 is 5.32 Å². The molecule has 1 atom stereocenters. The van der Waals surface area contributed by atoms with E-state index in [4.69, 9.17) is 0 Å². The predicted octanol–water partition coefficient (Wildman–Crippen LogP) is 4.94. The number of carbonyl (C=O) groups excluding carboxylic acids is 2. The largest absolute Gasteiger partial charge is 0.354 e. The molecule has 0 spiro atoms. The van der Waals surface area contributed by atoms with E-state index >= 15 is 0 Å². The van der Waals surface area contributed by atoms with Crippen LogP contribution in [-0.4, -0.2) is 29.3 Å². The maximum absolute atomic E-state index is 13.2. The fraction of sp³-hybridized carbons (Fsp3) is 0.417. The second-order valence-electron chi connectivity index (χ2n) is 7.56. The van der Waals surface area contributed by atoms with Gasteiger partial charge in [0.2, 0.25) is 11.8 Å². The molecule has 156 valence electrons. The summed E-state index contributed by atoms with van der Waals surface area (Å²) < 4.78 is 0.986. The molecule has 4 nitrogen and oxygen atoms in total. The molecule has 0 radical (unpaired) electrons. The van der Waals surface area contributed by atoms with Crippen LogP contribution in [0.5, 0.6) is 0 Å². The zero-order chi connectivity index (χ0) is 21.4. The summed E-state index contributed by atoms with van der Waals surface area (Å²) in [5.41, 5.74) is 4.34. The summed E-state index contributed by atoms with van der Waals surface area (Å²) in [6, 6.07) is 13.4. The van der Waals surface area contributed by atoms with Crippen LogP contribution in [-0.2, 0) is 22.6 Å². The van der Waals surface area contributed by atoms with Gasteiger partial charge < -0.3 is 10.2 Å². The van der Waals surface area contributed by atoms with Crippen LogP contribution in [0.3, 0.4) is 0 Å². The Morgan fingerprint density at radius 1 is 1.03 bits per heavy atom. The number of hydrogen-bond donors (Lipinski definition) is 1. The summed E-state index contributed by atoms with van der Waals surface area (Å²) in [5.74, 6) is -0.154. The topological polar surface area (TPSA) is 49.4 Å². The highest BCUT2D eigenvalue weighted by Crippen LogP contribution is 2.17. The quantitative estimate of drug-likeness (QED) is 0.540. The zero-order valence-electron chi connectivity index (χ0n) is 17.8. The van der Waals surface area contributed by atoms with Crippen molar-refractivity contribution in [2.45, 2.75) is 59.5 Å². The highest BCUT2D eigenvalue weighted by molar-refractivity contribution is 9.10. The van der Waals surface area contributed by atoms with E-state index in [9.17, 15) is 9.59 Å². The molecule has 2 amide bonds. The molecule has 1 N–H and O–H groups in total. The van der Waals surface area contributed by atoms with Crippen molar-refractivity contribution in [3.8, 4) is 0 Å². The smallest absolute Gasteiger partial charge is 0.242 e. The van der Waals surface area contributed by atoms with Crippen molar-refractivity contribution < 1.29 is 9.59 Å². The first kappa shape index (κ1) is 23.1. The number of halogens is 1. The number of aryl methyl sites for hydroxylation is 2. The summed E-state index contributed by atoms with van der Waals surface area (Å²) in [6.45, 7) is 9.04. The van der Waals surface area contributed by atoms with Gasteiger partial charge in [-0.2, -0.15) is 0 Å². The molecule has 0 aliphatic carbocycles. The molecular weight excluding hydrogens is 428 g/mol. The Balaban J connectivity index is 2.19. The van der Waals surface area contributed by atoms with Gasteiger partial charge in [-0.3, -0.25) is 9.59 Å². The molecule has 2 aromatic rings. The van der Waals surface area contributed by atoms with Crippen molar-refractivity contribution >= 4 is 27.7 Å². The van der Waals surface area contributed by atoms with Crippen molar-refractivity contribution in [2.75, 3.05) is 6.54 Å². The zero-order valence-corrected chi connectivity index (χ0v) is 19.4. The van der Waals surface area contributed by atoms with E-state index in [1.807, 2.05) is 43.3 Å². The van der Waals surface area contributed by atoms with E-state index in [0.717, 1.165) is 28.4 Å². The van der Waals surface area contributed by atoms with Gasteiger partial charge in [0.05, 0.1) is 6.42 Å². The summed E-state index contributed by atoms with van der Waals surface area (Å²) in [6.07, 6.45) is 2.23. The van der Waals surface area contributed by atoms with Crippen LogP contribution >= 0.6 is 15.9 Å².